The Morgan fingerprint density at radius 3 is 2.69 bits per heavy atom. The van der Waals surface area contributed by atoms with Crippen LogP contribution in [0.4, 0.5) is 5.69 Å². The fourth-order valence-corrected chi connectivity index (χ4v) is 1.36. The number of anilines is 1. The second-order valence-electron chi connectivity index (χ2n) is 4.52. The average Bonchev–Trinajstić information content (AvgIpc) is 2.44. The molecule has 86 valence electrons. The quantitative estimate of drug-likeness (QED) is 0.793. The molecule has 1 aromatic rings. The van der Waals surface area contributed by atoms with Crippen LogP contribution in [-0.4, -0.2) is 10.2 Å². The summed E-state index contributed by atoms with van der Waals surface area (Å²) in [5.74, 6) is 0.531. The highest BCUT2D eigenvalue weighted by atomic mass is 16.5. The van der Waals surface area contributed by atoms with Crippen LogP contribution in [0, 0.1) is 11.3 Å². The monoisotopic (exact) mass is 219 g/mol. The number of aromatic nitrogens is 1. The third-order valence-corrected chi connectivity index (χ3v) is 1.90. The van der Waals surface area contributed by atoms with Gasteiger partial charge in [0, 0.05) is 12.6 Å². The van der Waals surface area contributed by atoms with E-state index in [-0.39, 0.29) is 5.60 Å². The highest BCUT2D eigenvalue weighted by molar-refractivity contribution is 5.55. The van der Waals surface area contributed by atoms with E-state index >= 15 is 0 Å². The largest absolute Gasteiger partial charge is 0.472 e. The summed E-state index contributed by atoms with van der Waals surface area (Å²) in [7, 11) is 0. The molecular formula is C12H17N3O. The van der Waals surface area contributed by atoms with Crippen molar-refractivity contribution in [3.8, 4) is 11.9 Å². The number of ether oxygens (including phenoxy) is 1. The van der Waals surface area contributed by atoms with Crippen LogP contribution in [0.5, 0.6) is 5.88 Å². The van der Waals surface area contributed by atoms with Gasteiger partial charge in [0.05, 0.1) is 5.69 Å². The summed E-state index contributed by atoms with van der Waals surface area (Å²) in [6, 6.07) is 3.70. The van der Waals surface area contributed by atoms with E-state index in [0.29, 0.717) is 23.8 Å². The molecule has 0 fully saturated rings. The zero-order chi connectivity index (χ0) is 12.3. The van der Waals surface area contributed by atoms with Crippen molar-refractivity contribution in [2.24, 2.45) is 0 Å². The van der Waals surface area contributed by atoms with E-state index in [1.54, 1.807) is 16.7 Å². The van der Waals surface area contributed by atoms with Crippen LogP contribution >= 0.6 is 0 Å². The molecule has 1 rings (SSSR count). The Hall–Kier alpha value is -1.89. The van der Waals surface area contributed by atoms with Crippen molar-refractivity contribution in [1.29, 1.82) is 5.26 Å². The Balaban J connectivity index is 3.21. The lowest BCUT2D eigenvalue weighted by atomic mass is 10.2. The van der Waals surface area contributed by atoms with E-state index in [9.17, 15) is 0 Å². The average molecular weight is 219 g/mol. The van der Waals surface area contributed by atoms with Crippen molar-refractivity contribution in [3.05, 3.63) is 24.4 Å². The molecule has 0 saturated carbocycles. The number of rotatable bonds is 3. The van der Waals surface area contributed by atoms with Crippen LogP contribution in [0.15, 0.2) is 18.7 Å². The third kappa shape index (κ3) is 2.57. The highest BCUT2D eigenvalue weighted by Gasteiger charge is 2.19. The summed E-state index contributed by atoms with van der Waals surface area (Å²) in [6.07, 6.45) is 1.70. The molecule has 0 aromatic carbocycles. The summed E-state index contributed by atoms with van der Waals surface area (Å²) in [6.45, 7) is 9.96. The molecule has 0 amide bonds. The molecule has 0 bridgehead atoms. The van der Waals surface area contributed by atoms with Gasteiger partial charge in [-0.15, -0.1) is 6.58 Å². The summed E-state index contributed by atoms with van der Waals surface area (Å²) in [5, 5.41) is 8.96. The molecule has 1 heterocycles. The second kappa shape index (κ2) is 4.31. The van der Waals surface area contributed by atoms with Crippen LogP contribution < -0.4 is 10.5 Å². The zero-order valence-corrected chi connectivity index (χ0v) is 9.95. The Morgan fingerprint density at radius 1 is 1.62 bits per heavy atom. The van der Waals surface area contributed by atoms with Crippen LogP contribution in [0.3, 0.4) is 0 Å². The van der Waals surface area contributed by atoms with Gasteiger partial charge in [0.15, 0.2) is 0 Å². The molecule has 0 saturated heterocycles. The van der Waals surface area contributed by atoms with Gasteiger partial charge in [-0.05, 0) is 20.8 Å². The van der Waals surface area contributed by atoms with Crippen LogP contribution in [-0.2, 0) is 6.54 Å². The predicted molar refractivity (Wildman–Crippen MR) is 64.1 cm³/mol. The van der Waals surface area contributed by atoms with Gasteiger partial charge in [0.25, 0.3) is 0 Å². The maximum absolute atomic E-state index is 8.96. The van der Waals surface area contributed by atoms with Crippen LogP contribution in [0.25, 0.3) is 0 Å². The van der Waals surface area contributed by atoms with Gasteiger partial charge in [-0.2, -0.15) is 5.26 Å². The number of hydrogen-bond acceptors (Lipinski definition) is 3. The lowest BCUT2D eigenvalue weighted by Gasteiger charge is -2.22. The number of nitrogens with two attached hydrogens (primary N) is 1. The maximum atomic E-state index is 8.96. The molecule has 0 aliphatic rings. The molecule has 0 radical (unpaired) electrons. The van der Waals surface area contributed by atoms with Crippen molar-refractivity contribution in [3.63, 3.8) is 0 Å². The van der Waals surface area contributed by atoms with Gasteiger partial charge in [-0.25, -0.2) is 0 Å². The number of nitrogens with zero attached hydrogens (tertiary/aromatic N) is 2. The first-order chi connectivity index (χ1) is 7.39. The number of nitrogen functional groups attached to an aromatic ring is 1. The normalized spacial score (nSPS) is 10.9. The fraction of sp³-hybridized carbons (Fsp3) is 0.417. The van der Waals surface area contributed by atoms with Crippen molar-refractivity contribution in [2.45, 2.75) is 32.9 Å². The fourth-order valence-electron chi connectivity index (χ4n) is 1.36. The van der Waals surface area contributed by atoms with E-state index in [1.807, 2.05) is 20.8 Å². The SMILES string of the molecule is C=CCn1c(C#N)cc(N)c1OC(C)(C)C. The molecular weight excluding hydrogens is 202 g/mol. The zero-order valence-electron chi connectivity index (χ0n) is 9.95. The van der Waals surface area contributed by atoms with Crippen molar-refractivity contribution in [2.75, 3.05) is 5.73 Å². The number of nitriles is 1. The Labute approximate surface area is 95.9 Å². The van der Waals surface area contributed by atoms with Crippen LogP contribution in [0.2, 0.25) is 0 Å². The lowest BCUT2D eigenvalue weighted by molar-refractivity contribution is 0.119. The first kappa shape index (κ1) is 12.2. The van der Waals surface area contributed by atoms with Gasteiger partial charge in [-0.1, -0.05) is 6.08 Å². The minimum absolute atomic E-state index is 0.349. The minimum atomic E-state index is -0.349. The molecule has 0 aliphatic heterocycles. The van der Waals surface area contributed by atoms with E-state index in [0.717, 1.165) is 0 Å². The smallest absolute Gasteiger partial charge is 0.219 e. The molecule has 2 N–H and O–H groups in total. The standard InChI is InChI=1S/C12H17N3O/c1-5-6-15-9(8-13)7-10(14)11(15)16-12(2,3)4/h5,7H,1,6,14H2,2-4H3. The van der Waals surface area contributed by atoms with E-state index in [1.165, 1.54) is 0 Å². The van der Waals surface area contributed by atoms with E-state index < -0.39 is 0 Å². The van der Waals surface area contributed by atoms with Crippen molar-refractivity contribution < 1.29 is 4.74 Å². The summed E-state index contributed by atoms with van der Waals surface area (Å²) < 4.78 is 7.45. The maximum Gasteiger partial charge on any atom is 0.219 e. The molecule has 4 heteroatoms. The molecule has 0 atom stereocenters. The van der Waals surface area contributed by atoms with Gasteiger partial charge in [-0.3, -0.25) is 4.57 Å². The van der Waals surface area contributed by atoms with Crippen molar-refractivity contribution in [1.82, 2.24) is 4.57 Å². The first-order valence-corrected chi connectivity index (χ1v) is 5.08. The third-order valence-electron chi connectivity index (χ3n) is 1.90. The Kier molecular flexibility index (Phi) is 3.28. The van der Waals surface area contributed by atoms with E-state index in [2.05, 4.69) is 12.6 Å². The van der Waals surface area contributed by atoms with E-state index in [4.69, 9.17) is 15.7 Å². The first-order valence-electron chi connectivity index (χ1n) is 5.08. The summed E-state index contributed by atoms with van der Waals surface area (Å²) >= 11 is 0. The van der Waals surface area contributed by atoms with Gasteiger partial charge in [0.2, 0.25) is 5.88 Å². The molecule has 0 aliphatic carbocycles. The molecule has 1 aromatic heterocycles. The molecule has 16 heavy (non-hydrogen) atoms. The summed E-state index contributed by atoms with van der Waals surface area (Å²) in [5.41, 5.74) is 6.44. The molecule has 4 nitrogen and oxygen atoms in total. The molecule has 0 unspecified atom stereocenters. The Bertz CT molecular complexity index is 432. The Morgan fingerprint density at radius 2 is 2.25 bits per heavy atom. The van der Waals surface area contributed by atoms with Crippen LogP contribution in [0.1, 0.15) is 26.5 Å². The second-order valence-corrected chi connectivity index (χ2v) is 4.52. The van der Waals surface area contributed by atoms with Gasteiger partial charge < -0.3 is 10.5 Å². The minimum Gasteiger partial charge on any atom is -0.472 e. The van der Waals surface area contributed by atoms with Gasteiger partial charge >= 0.3 is 0 Å². The lowest BCUT2D eigenvalue weighted by Crippen LogP contribution is -2.25. The van der Waals surface area contributed by atoms with Gasteiger partial charge in [0.1, 0.15) is 17.4 Å². The van der Waals surface area contributed by atoms with Crippen molar-refractivity contribution >= 4 is 5.69 Å². The molecule has 0 spiro atoms. The number of hydrogen-bond donors (Lipinski definition) is 1. The predicted octanol–water partition coefficient (Wildman–Crippen LogP) is 2.31. The number of allylic oxidation sites excluding steroid dienone is 1. The topological polar surface area (TPSA) is 64.0 Å². The highest BCUT2D eigenvalue weighted by Crippen LogP contribution is 2.29. The summed E-state index contributed by atoms with van der Waals surface area (Å²) in [4.78, 5) is 0.